The van der Waals surface area contributed by atoms with Gasteiger partial charge in [0.2, 0.25) is 5.88 Å². The summed E-state index contributed by atoms with van der Waals surface area (Å²) in [5.41, 5.74) is 2.74. The van der Waals surface area contributed by atoms with Crippen LogP contribution in [0.4, 0.5) is 13.2 Å². The third-order valence-electron chi connectivity index (χ3n) is 2.83. The number of aromatic nitrogens is 1. The van der Waals surface area contributed by atoms with Gasteiger partial charge in [-0.25, -0.2) is 4.98 Å². The van der Waals surface area contributed by atoms with Crippen molar-refractivity contribution in [1.29, 1.82) is 0 Å². The number of rotatable bonds is 7. The first-order chi connectivity index (χ1) is 9.33. The molecule has 0 aliphatic rings. The second-order valence-corrected chi connectivity index (χ2v) is 4.71. The first kappa shape index (κ1) is 16.8. The van der Waals surface area contributed by atoms with Crippen LogP contribution in [-0.4, -0.2) is 24.3 Å². The maximum atomic E-state index is 12.1. The van der Waals surface area contributed by atoms with Gasteiger partial charge in [-0.15, -0.1) is 0 Å². The average Bonchev–Trinajstić information content (AvgIpc) is 2.32. The minimum absolute atomic E-state index is 0.0223. The van der Waals surface area contributed by atoms with Gasteiger partial charge in [-0.1, -0.05) is 6.92 Å². The van der Waals surface area contributed by atoms with Crippen LogP contribution in [0.15, 0.2) is 6.07 Å². The van der Waals surface area contributed by atoms with E-state index in [1.54, 1.807) is 0 Å². The zero-order valence-electron chi connectivity index (χ0n) is 12.1. The molecule has 0 unspecified atom stereocenters. The van der Waals surface area contributed by atoms with Crippen LogP contribution in [0.25, 0.3) is 0 Å². The number of halogens is 3. The normalized spacial score (nSPS) is 11.7. The number of alkyl halides is 3. The fraction of sp³-hybridized carbons (Fsp3) is 0.643. The third-order valence-corrected chi connectivity index (χ3v) is 2.83. The van der Waals surface area contributed by atoms with E-state index in [4.69, 9.17) is 4.74 Å². The highest BCUT2D eigenvalue weighted by Crippen LogP contribution is 2.23. The predicted molar refractivity (Wildman–Crippen MR) is 71.9 cm³/mol. The zero-order valence-corrected chi connectivity index (χ0v) is 12.1. The molecule has 0 saturated heterocycles. The van der Waals surface area contributed by atoms with Crippen molar-refractivity contribution in [3.8, 4) is 5.88 Å². The quantitative estimate of drug-likeness (QED) is 0.780. The van der Waals surface area contributed by atoms with E-state index in [0.717, 1.165) is 23.4 Å². The molecule has 0 atom stereocenters. The van der Waals surface area contributed by atoms with Gasteiger partial charge < -0.3 is 10.1 Å². The molecule has 114 valence electrons. The van der Waals surface area contributed by atoms with Crippen molar-refractivity contribution in [3.63, 3.8) is 0 Å². The average molecular weight is 290 g/mol. The van der Waals surface area contributed by atoms with E-state index in [1.165, 1.54) is 0 Å². The van der Waals surface area contributed by atoms with Crippen molar-refractivity contribution in [2.45, 2.75) is 46.3 Å². The largest absolute Gasteiger partial charge is 0.477 e. The molecule has 3 nitrogen and oxygen atoms in total. The van der Waals surface area contributed by atoms with Crippen LogP contribution in [0.3, 0.4) is 0 Å². The van der Waals surface area contributed by atoms with Crippen LogP contribution in [0.1, 0.15) is 36.6 Å². The third kappa shape index (κ3) is 5.77. The highest BCUT2D eigenvalue weighted by atomic mass is 19.4. The second-order valence-electron chi connectivity index (χ2n) is 4.71. The lowest BCUT2D eigenvalue weighted by Crippen LogP contribution is -2.16. The summed E-state index contributed by atoms with van der Waals surface area (Å²) in [5.74, 6) is 0.436. The van der Waals surface area contributed by atoms with Crippen LogP contribution in [0, 0.1) is 13.8 Å². The Bertz CT molecular complexity index is 433. The molecule has 0 saturated carbocycles. The molecule has 20 heavy (non-hydrogen) atoms. The molecule has 0 fully saturated rings. The molecule has 1 rings (SSSR count). The Morgan fingerprint density at radius 1 is 1.30 bits per heavy atom. The summed E-state index contributed by atoms with van der Waals surface area (Å²) < 4.78 is 41.7. The molecule has 6 heteroatoms. The van der Waals surface area contributed by atoms with E-state index < -0.39 is 12.6 Å². The van der Waals surface area contributed by atoms with Gasteiger partial charge in [-0.3, -0.25) is 0 Å². The van der Waals surface area contributed by atoms with Crippen molar-refractivity contribution < 1.29 is 17.9 Å². The van der Waals surface area contributed by atoms with Gasteiger partial charge in [-0.05, 0) is 38.4 Å². The Hall–Kier alpha value is -1.30. The summed E-state index contributed by atoms with van der Waals surface area (Å²) in [4.78, 5) is 4.28. The highest BCUT2D eigenvalue weighted by Gasteiger charge is 2.26. The van der Waals surface area contributed by atoms with Gasteiger partial charge in [0.15, 0.2) is 0 Å². The molecule has 1 heterocycles. The van der Waals surface area contributed by atoms with E-state index in [9.17, 15) is 13.2 Å². The standard InChI is InChI=1S/C14H21F3N2O/c1-4-18-9-12-10(2)8-11(3)19-13(12)20-7-5-6-14(15,16)17/h8,18H,4-7,9H2,1-3H3. The van der Waals surface area contributed by atoms with Crippen LogP contribution in [-0.2, 0) is 6.54 Å². The Morgan fingerprint density at radius 3 is 2.60 bits per heavy atom. The predicted octanol–water partition coefficient (Wildman–Crippen LogP) is 3.53. The van der Waals surface area contributed by atoms with Gasteiger partial charge in [0.1, 0.15) is 0 Å². The maximum absolute atomic E-state index is 12.1. The number of hydrogen-bond acceptors (Lipinski definition) is 3. The number of nitrogens with one attached hydrogen (secondary N) is 1. The fourth-order valence-electron chi connectivity index (χ4n) is 1.85. The molecular weight excluding hydrogens is 269 g/mol. The molecule has 1 N–H and O–H groups in total. The Balaban J connectivity index is 2.67. The Kier molecular flexibility index (Phi) is 6.26. The van der Waals surface area contributed by atoms with E-state index in [-0.39, 0.29) is 13.0 Å². The first-order valence-corrected chi connectivity index (χ1v) is 6.71. The van der Waals surface area contributed by atoms with Crippen LogP contribution in [0.5, 0.6) is 5.88 Å². The minimum Gasteiger partial charge on any atom is -0.477 e. The first-order valence-electron chi connectivity index (χ1n) is 6.71. The van der Waals surface area contributed by atoms with Crippen LogP contribution in [0.2, 0.25) is 0 Å². The van der Waals surface area contributed by atoms with E-state index in [1.807, 2.05) is 26.8 Å². The molecule has 0 bridgehead atoms. The molecule has 1 aromatic heterocycles. The lowest BCUT2D eigenvalue weighted by Gasteiger charge is -2.14. The summed E-state index contributed by atoms with van der Waals surface area (Å²) >= 11 is 0. The van der Waals surface area contributed by atoms with Crippen LogP contribution >= 0.6 is 0 Å². The maximum Gasteiger partial charge on any atom is 0.389 e. The van der Waals surface area contributed by atoms with Gasteiger partial charge >= 0.3 is 6.18 Å². The molecular formula is C14H21F3N2O. The summed E-state index contributed by atoms with van der Waals surface area (Å²) in [6, 6.07) is 1.94. The van der Waals surface area contributed by atoms with Gasteiger partial charge in [-0.2, -0.15) is 13.2 Å². The van der Waals surface area contributed by atoms with E-state index in [2.05, 4.69) is 10.3 Å². The highest BCUT2D eigenvalue weighted by molar-refractivity contribution is 5.35. The monoisotopic (exact) mass is 290 g/mol. The number of ether oxygens (including phenoxy) is 1. The summed E-state index contributed by atoms with van der Waals surface area (Å²) in [6.45, 7) is 7.21. The topological polar surface area (TPSA) is 34.2 Å². The summed E-state index contributed by atoms with van der Waals surface area (Å²) in [5, 5.41) is 3.18. The molecule has 0 aliphatic heterocycles. The molecule has 0 spiro atoms. The van der Waals surface area contributed by atoms with Crippen molar-refractivity contribution >= 4 is 0 Å². The zero-order chi connectivity index (χ0) is 15.2. The van der Waals surface area contributed by atoms with E-state index >= 15 is 0 Å². The Labute approximate surface area is 117 Å². The fourth-order valence-corrected chi connectivity index (χ4v) is 1.85. The molecule has 0 aliphatic carbocycles. The van der Waals surface area contributed by atoms with Crippen LogP contribution < -0.4 is 10.1 Å². The summed E-state index contributed by atoms with van der Waals surface area (Å²) in [7, 11) is 0. The lowest BCUT2D eigenvalue weighted by molar-refractivity contribution is -0.136. The van der Waals surface area contributed by atoms with Crippen molar-refractivity contribution in [2.75, 3.05) is 13.2 Å². The van der Waals surface area contributed by atoms with Crippen molar-refractivity contribution in [1.82, 2.24) is 10.3 Å². The minimum atomic E-state index is -4.13. The SMILES string of the molecule is CCNCc1c(C)cc(C)nc1OCCCC(F)(F)F. The molecule has 0 radical (unpaired) electrons. The molecule has 0 aromatic carbocycles. The van der Waals surface area contributed by atoms with Gasteiger partial charge in [0, 0.05) is 24.2 Å². The van der Waals surface area contributed by atoms with Gasteiger partial charge in [0.05, 0.1) is 6.61 Å². The van der Waals surface area contributed by atoms with Crippen molar-refractivity contribution in [3.05, 3.63) is 22.9 Å². The number of nitrogens with zero attached hydrogens (tertiary/aromatic N) is 1. The Morgan fingerprint density at radius 2 is 2.00 bits per heavy atom. The summed E-state index contributed by atoms with van der Waals surface area (Å²) in [6.07, 6.45) is -5.02. The van der Waals surface area contributed by atoms with Crippen molar-refractivity contribution in [2.24, 2.45) is 0 Å². The molecule has 0 amide bonds. The second kappa shape index (κ2) is 7.47. The van der Waals surface area contributed by atoms with Gasteiger partial charge in [0.25, 0.3) is 0 Å². The number of aryl methyl sites for hydroxylation is 2. The van der Waals surface area contributed by atoms with E-state index in [0.29, 0.717) is 12.4 Å². The number of hydrogen-bond donors (Lipinski definition) is 1. The lowest BCUT2D eigenvalue weighted by atomic mass is 10.1. The molecule has 1 aromatic rings. The smallest absolute Gasteiger partial charge is 0.389 e. The number of pyridine rings is 1.